The highest BCUT2D eigenvalue weighted by molar-refractivity contribution is 7.84. The molecular weight excluding hydrogens is 229 g/mol. The zero-order valence-corrected chi connectivity index (χ0v) is 9.88. The molecule has 0 aromatic heterocycles. The van der Waals surface area contributed by atoms with Crippen LogP contribution in [0.5, 0.6) is 0 Å². The topological polar surface area (TPSA) is 65.1 Å². The SMILES string of the molecule is CCOP(=O)(OCC)N1CCOS1=O. The second kappa shape index (κ2) is 5.34. The first-order valence-electron chi connectivity index (χ1n) is 4.36. The molecule has 8 heteroatoms. The third-order valence-corrected chi connectivity index (χ3v) is 5.31. The standard InChI is InChI=1S/C6H14NO5PS/c1-3-10-13(8,11-4-2)7-5-6-12-14(7)9/h3-6H2,1-2H3. The van der Waals surface area contributed by atoms with Crippen molar-refractivity contribution in [3.05, 3.63) is 0 Å². The van der Waals surface area contributed by atoms with Crippen LogP contribution in [0.4, 0.5) is 0 Å². The van der Waals surface area contributed by atoms with Crippen molar-refractivity contribution in [2.24, 2.45) is 0 Å². The van der Waals surface area contributed by atoms with Crippen LogP contribution in [0, 0.1) is 0 Å². The summed E-state index contributed by atoms with van der Waals surface area (Å²) in [4.78, 5) is 0. The Bertz CT molecular complexity index is 251. The van der Waals surface area contributed by atoms with Crippen molar-refractivity contribution < 1.29 is 22.0 Å². The maximum Gasteiger partial charge on any atom is 0.421 e. The van der Waals surface area contributed by atoms with E-state index >= 15 is 0 Å². The molecule has 0 aliphatic carbocycles. The molecule has 0 amide bonds. The maximum atomic E-state index is 12.0. The van der Waals surface area contributed by atoms with E-state index in [-0.39, 0.29) is 19.8 Å². The summed E-state index contributed by atoms with van der Waals surface area (Å²) in [5.74, 6) is 0. The van der Waals surface area contributed by atoms with Crippen molar-refractivity contribution in [1.82, 2.24) is 4.08 Å². The Balaban J connectivity index is 2.75. The molecule has 0 N–H and O–H groups in total. The zero-order chi connectivity index (χ0) is 10.6. The molecule has 1 aliphatic heterocycles. The molecule has 0 aromatic carbocycles. The third-order valence-electron chi connectivity index (χ3n) is 1.50. The Hall–Kier alpha value is 0.220. The fourth-order valence-electron chi connectivity index (χ4n) is 1.02. The minimum Gasteiger partial charge on any atom is -0.296 e. The van der Waals surface area contributed by atoms with Crippen LogP contribution in [0.2, 0.25) is 0 Å². The summed E-state index contributed by atoms with van der Waals surface area (Å²) in [6.07, 6.45) is 0. The van der Waals surface area contributed by atoms with Gasteiger partial charge in [0.05, 0.1) is 19.8 Å². The molecule has 6 nitrogen and oxygen atoms in total. The second-order valence-electron chi connectivity index (χ2n) is 2.42. The Kier molecular flexibility index (Phi) is 4.69. The van der Waals surface area contributed by atoms with Gasteiger partial charge >= 0.3 is 7.75 Å². The van der Waals surface area contributed by atoms with Crippen molar-refractivity contribution in [1.29, 1.82) is 0 Å². The average molecular weight is 243 g/mol. The fourth-order valence-corrected chi connectivity index (χ4v) is 3.97. The second-order valence-corrected chi connectivity index (χ2v) is 5.74. The minimum atomic E-state index is -3.41. The Morgan fingerprint density at radius 3 is 2.36 bits per heavy atom. The summed E-state index contributed by atoms with van der Waals surface area (Å²) in [6, 6.07) is 0. The number of hydrogen-bond donors (Lipinski definition) is 0. The van der Waals surface area contributed by atoms with E-state index in [2.05, 4.69) is 0 Å². The Labute approximate surface area is 85.9 Å². The molecule has 1 aliphatic rings. The van der Waals surface area contributed by atoms with Gasteiger partial charge in [-0.2, -0.15) is 0 Å². The number of rotatable bonds is 5. The number of nitrogens with zero attached hydrogens (tertiary/aromatic N) is 1. The van der Waals surface area contributed by atoms with E-state index in [0.29, 0.717) is 6.54 Å². The van der Waals surface area contributed by atoms with Gasteiger partial charge in [-0.3, -0.25) is 13.2 Å². The highest BCUT2D eigenvalue weighted by Gasteiger charge is 2.41. The molecular formula is C6H14NO5PS. The molecule has 14 heavy (non-hydrogen) atoms. The van der Waals surface area contributed by atoms with Crippen LogP contribution < -0.4 is 0 Å². The molecule has 0 aromatic rings. The van der Waals surface area contributed by atoms with E-state index in [9.17, 15) is 8.77 Å². The molecule has 1 heterocycles. The van der Waals surface area contributed by atoms with Crippen LogP contribution in [0.15, 0.2) is 0 Å². The van der Waals surface area contributed by atoms with Crippen LogP contribution in [0.25, 0.3) is 0 Å². The molecule has 1 unspecified atom stereocenters. The van der Waals surface area contributed by atoms with E-state index in [1.807, 2.05) is 0 Å². The van der Waals surface area contributed by atoms with Gasteiger partial charge in [0.2, 0.25) is 11.3 Å². The van der Waals surface area contributed by atoms with Gasteiger partial charge in [0, 0.05) is 6.54 Å². The summed E-state index contributed by atoms with van der Waals surface area (Å²) < 4.78 is 39.2. The summed E-state index contributed by atoms with van der Waals surface area (Å²) >= 11 is -1.71. The van der Waals surface area contributed by atoms with E-state index in [4.69, 9.17) is 13.2 Å². The van der Waals surface area contributed by atoms with Gasteiger partial charge in [0.15, 0.2) is 0 Å². The lowest BCUT2D eigenvalue weighted by Gasteiger charge is -2.22. The molecule has 1 fully saturated rings. The van der Waals surface area contributed by atoms with E-state index in [0.717, 1.165) is 4.08 Å². The smallest absolute Gasteiger partial charge is 0.296 e. The first-order valence-corrected chi connectivity index (χ1v) is 6.89. The van der Waals surface area contributed by atoms with Crippen LogP contribution in [-0.2, 0) is 29.1 Å². The van der Waals surface area contributed by atoms with E-state index < -0.39 is 19.0 Å². The van der Waals surface area contributed by atoms with E-state index in [1.165, 1.54) is 0 Å². The quantitative estimate of drug-likeness (QED) is 0.676. The first kappa shape index (κ1) is 12.3. The molecule has 0 radical (unpaired) electrons. The molecule has 0 spiro atoms. The number of hydrogen-bond acceptors (Lipinski definition) is 5. The van der Waals surface area contributed by atoms with Crippen LogP contribution in [-0.4, -0.2) is 34.7 Å². The summed E-state index contributed by atoms with van der Waals surface area (Å²) in [6.45, 7) is 4.45. The van der Waals surface area contributed by atoms with Gasteiger partial charge in [-0.1, -0.05) is 4.08 Å². The van der Waals surface area contributed by atoms with Crippen LogP contribution >= 0.6 is 7.75 Å². The zero-order valence-electron chi connectivity index (χ0n) is 8.17. The van der Waals surface area contributed by atoms with Gasteiger partial charge in [-0.05, 0) is 13.8 Å². The molecule has 1 atom stereocenters. The Morgan fingerprint density at radius 1 is 1.43 bits per heavy atom. The largest absolute Gasteiger partial charge is 0.421 e. The highest BCUT2D eigenvalue weighted by atomic mass is 32.2. The van der Waals surface area contributed by atoms with Crippen molar-refractivity contribution >= 4 is 19.0 Å². The van der Waals surface area contributed by atoms with Gasteiger partial charge in [0.1, 0.15) is 0 Å². The highest BCUT2D eigenvalue weighted by Crippen LogP contribution is 2.53. The third kappa shape index (κ3) is 2.62. The normalized spacial score (nSPS) is 24.3. The average Bonchev–Trinajstić information content (AvgIpc) is 2.52. The summed E-state index contributed by atoms with van der Waals surface area (Å²) in [5, 5.41) is 0. The maximum absolute atomic E-state index is 12.0. The van der Waals surface area contributed by atoms with Gasteiger partial charge in [0.25, 0.3) is 0 Å². The Morgan fingerprint density at radius 2 is 2.00 bits per heavy atom. The fraction of sp³-hybridized carbons (Fsp3) is 1.00. The van der Waals surface area contributed by atoms with Crippen molar-refractivity contribution in [3.8, 4) is 0 Å². The summed E-state index contributed by atoms with van der Waals surface area (Å²) in [5.41, 5.74) is 0. The minimum absolute atomic E-state index is 0.241. The monoisotopic (exact) mass is 243 g/mol. The molecule has 1 saturated heterocycles. The van der Waals surface area contributed by atoms with Crippen molar-refractivity contribution in [3.63, 3.8) is 0 Å². The van der Waals surface area contributed by atoms with Gasteiger partial charge in [-0.15, -0.1) is 0 Å². The predicted octanol–water partition coefficient (Wildman–Crippen LogP) is 1.08. The summed E-state index contributed by atoms with van der Waals surface area (Å²) in [7, 11) is -3.41. The van der Waals surface area contributed by atoms with Crippen LogP contribution in [0.3, 0.4) is 0 Å². The lowest BCUT2D eigenvalue weighted by Crippen LogP contribution is -2.20. The molecule has 1 rings (SSSR count). The lowest BCUT2D eigenvalue weighted by atomic mass is 10.8. The van der Waals surface area contributed by atoms with Gasteiger partial charge in [-0.25, -0.2) is 8.77 Å². The molecule has 84 valence electrons. The van der Waals surface area contributed by atoms with Crippen LogP contribution in [0.1, 0.15) is 13.8 Å². The van der Waals surface area contributed by atoms with Crippen molar-refractivity contribution in [2.45, 2.75) is 13.8 Å². The van der Waals surface area contributed by atoms with Gasteiger partial charge < -0.3 is 0 Å². The molecule has 0 saturated carbocycles. The molecule has 0 bridgehead atoms. The van der Waals surface area contributed by atoms with E-state index in [1.54, 1.807) is 13.8 Å². The lowest BCUT2D eigenvalue weighted by molar-refractivity contribution is 0.195. The first-order chi connectivity index (χ1) is 6.64. The predicted molar refractivity (Wildman–Crippen MR) is 51.7 cm³/mol. The van der Waals surface area contributed by atoms with Crippen molar-refractivity contribution in [2.75, 3.05) is 26.4 Å².